The molecule has 0 bridgehead atoms. The fourth-order valence-corrected chi connectivity index (χ4v) is 1.00. The van der Waals surface area contributed by atoms with Gasteiger partial charge in [-0.3, -0.25) is 4.79 Å². The second-order valence-electron chi connectivity index (χ2n) is 2.87. The number of carbonyl (C=O) groups excluding carboxylic acids is 2. The first-order valence-electron chi connectivity index (χ1n) is 4.45. The third-order valence-electron chi connectivity index (χ3n) is 1.55. The van der Waals surface area contributed by atoms with Gasteiger partial charge in [0.25, 0.3) is 0 Å². The van der Waals surface area contributed by atoms with E-state index in [0.29, 0.717) is 11.3 Å². The Bertz CT molecular complexity index is 429. The number of nitrogens with one attached hydrogen (secondary N) is 1. The quantitative estimate of drug-likeness (QED) is 0.339. The normalized spacial score (nSPS) is 10.1. The summed E-state index contributed by atoms with van der Waals surface area (Å²) < 4.78 is 4.93. The first kappa shape index (κ1) is 11.7. The van der Waals surface area contributed by atoms with Gasteiger partial charge >= 0.3 is 12.0 Å². The Hall–Kier alpha value is -2.37. The van der Waals surface area contributed by atoms with E-state index in [0.717, 1.165) is 0 Å². The van der Waals surface area contributed by atoms with E-state index in [4.69, 9.17) is 10.5 Å². The molecule has 16 heavy (non-hydrogen) atoms. The number of primary amides is 1. The Morgan fingerprint density at radius 1 is 1.44 bits per heavy atom. The fraction of sp³-hybridized carbons (Fsp3) is 0.100. The van der Waals surface area contributed by atoms with Crippen LogP contribution in [0.25, 0.3) is 0 Å². The van der Waals surface area contributed by atoms with E-state index >= 15 is 0 Å². The molecule has 84 valence electrons. The molecule has 0 spiro atoms. The lowest BCUT2D eigenvalue weighted by molar-refractivity contribution is -0.131. The summed E-state index contributed by atoms with van der Waals surface area (Å²) in [7, 11) is 0. The van der Waals surface area contributed by atoms with Crippen molar-refractivity contribution in [2.45, 2.75) is 6.92 Å². The van der Waals surface area contributed by atoms with Crippen molar-refractivity contribution in [3.8, 4) is 5.75 Å². The average Bonchev–Trinajstić information content (AvgIpc) is 2.19. The third-order valence-corrected chi connectivity index (χ3v) is 1.55. The molecule has 0 unspecified atom stereocenters. The van der Waals surface area contributed by atoms with Crippen LogP contribution in [-0.2, 0) is 4.79 Å². The molecule has 0 saturated carbocycles. The third kappa shape index (κ3) is 3.79. The maximum absolute atomic E-state index is 10.8. The summed E-state index contributed by atoms with van der Waals surface area (Å²) in [5.41, 5.74) is 7.43. The number of rotatable bonds is 3. The molecule has 6 heteroatoms. The highest BCUT2D eigenvalue weighted by atomic mass is 16.5. The summed E-state index contributed by atoms with van der Waals surface area (Å²) in [6.07, 6.45) is 1.34. The van der Waals surface area contributed by atoms with Crippen molar-refractivity contribution < 1.29 is 14.3 Å². The van der Waals surface area contributed by atoms with Crippen LogP contribution < -0.4 is 15.9 Å². The molecule has 0 saturated heterocycles. The summed E-state index contributed by atoms with van der Waals surface area (Å²) in [5, 5.41) is 3.57. The second-order valence-corrected chi connectivity index (χ2v) is 2.87. The van der Waals surface area contributed by atoms with Gasteiger partial charge in [0.1, 0.15) is 5.75 Å². The molecule has 0 aromatic heterocycles. The zero-order valence-corrected chi connectivity index (χ0v) is 8.64. The first-order chi connectivity index (χ1) is 7.59. The van der Waals surface area contributed by atoms with Crippen molar-refractivity contribution in [3.05, 3.63) is 29.8 Å². The van der Waals surface area contributed by atoms with Crippen LogP contribution in [-0.4, -0.2) is 18.2 Å². The van der Waals surface area contributed by atoms with Crippen LogP contribution in [0.4, 0.5) is 4.79 Å². The number of benzene rings is 1. The largest absolute Gasteiger partial charge is 0.426 e. The molecular weight excluding hydrogens is 210 g/mol. The van der Waals surface area contributed by atoms with Crippen molar-refractivity contribution in [2.24, 2.45) is 10.8 Å². The molecule has 6 nitrogen and oxygen atoms in total. The number of hydrogen-bond donors (Lipinski definition) is 2. The van der Waals surface area contributed by atoms with E-state index < -0.39 is 12.0 Å². The molecule has 0 radical (unpaired) electrons. The van der Waals surface area contributed by atoms with E-state index in [1.54, 1.807) is 24.3 Å². The zero-order chi connectivity index (χ0) is 12.0. The lowest BCUT2D eigenvalue weighted by Crippen LogP contribution is -2.24. The summed E-state index contributed by atoms with van der Waals surface area (Å²) in [6, 6.07) is 6.01. The number of carbonyl (C=O) groups is 2. The van der Waals surface area contributed by atoms with Gasteiger partial charge in [0.05, 0.1) is 6.21 Å². The Balaban J connectivity index is 2.82. The molecule has 0 heterocycles. The molecule has 0 aliphatic carbocycles. The van der Waals surface area contributed by atoms with Gasteiger partial charge < -0.3 is 10.5 Å². The molecule has 3 N–H and O–H groups in total. The number of nitrogens with two attached hydrogens (primary N) is 1. The topological polar surface area (TPSA) is 93.8 Å². The monoisotopic (exact) mass is 221 g/mol. The predicted octanol–water partition coefficient (Wildman–Crippen LogP) is 0.614. The maximum Gasteiger partial charge on any atom is 0.332 e. The fourth-order valence-electron chi connectivity index (χ4n) is 1.00. The second kappa shape index (κ2) is 5.50. The number of hydrogen-bond acceptors (Lipinski definition) is 4. The number of esters is 1. The Morgan fingerprint density at radius 3 is 2.75 bits per heavy atom. The predicted molar refractivity (Wildman–Crippen MR) is 58.1 cm³/mol. The molecule has 1 aromatic carbocycles. The van der Waals surface area contributed by atoms with E-state index in [1.807, 2.05) is 5.43 Å². The van der Waals surface area contributed by atoms with Crippen LogP contribution in [0, 0.1) is 0 Å². The maximum atomic E-state index is 10.8. The SMILES string of the molecule is CC(=O)Oc1ccccc1/C=N/NC(N)=O. The summed E-state index contributed by atoms with van der Waals surface area (Å²) in [4.78, 5) is 21.2. The number of amides is 2. The van der Waals surface area contributed by atoms with Gasteiger partial charge in [-0.25, -0.2) is 10.2 Å². The average molecular weight is 221 g/mol. The minimum Gasteiger partial charge on any atom is -0.426 e. The van der Waals surface area contributed by atoms with Crippen molar-refractivity contribution in [1.29, 1.82) is 0 Å². The van der Waals surface area contributed by atoms with Crippen LogP contribution in [0.1, 0.15) is 12.5 Å². The standard InChI is InChI=1S/C10H11N3O3/c1-7(14)16-9-5-3-2-4-8(9)6-12-13-10(11)15/h2-6H,1H3,(H3,11,13,15)/b12-6+. The van der Waals surface area contributed by atoms with Crippen LogP contribution in [0.15, 0.2) is 29.4 Å². The van der Waals surface area contributed by atoms with Crippen molar-refractivity contribution >= 4 is 18.2 Å². The zero-order valence-electron chi connectivity index (χ0n) is 8.64. The van der Waals surface area contributed by atoms with E-state index in [-0.39, 0.29) is 0 Å². The Kier molecular flexibility index (Phi) is 4.02. The van der Waals surface area contributed by atoms with Crippen LogP contribution >= 0.6 is 0 Å². The molecule has 0 fully saturated rings. The summed E-state index contributed by atoms with van der Waals surface area (Å²) in [5.74, 6) is -0.0614. The van der Waals surface area contributed by atoms with Gasteiger partial charge in [-0.05, 0) is 12.1 Å². The van der Waals surface area contributed by atoms with Gasteiger partial charge in [-0.15, -0.1) is 0 Å². The summed E-state index contributed by atoms with van der Waals surface area (Å²) >= 11 is 0. The number of hydrazone groups is 1. The lowest BCUT2D eigenvalue weighted by atomic mass is 10.2. The summed E-state index contributed by atoms with van der Waals surface area (Å²) in [6.45, 7) is 1.30. The van der Waals surface area contributed by atoms with Gasteiger partial charge in [-0.1, -0.05) is 12.1 Å². The Labute approximate surface area is 92.1 Å². The molecule has 1 rings (SSSR count). The number of ether oxygens (including phenoxy) is 1. The van der Waals surface area contributed by atoms with E-state index in [2.05, 4.69) is 5.10 Å². The minimum absolute atomic E-state index is 0.366. The van der Waals surface area contributed by atoms with E-state index in [1.165, 1.54) is 13.1 Å². The van der Waals surface area contributed by atoms with Crippen LogP contribution in [0.2, 0.25) is 0 Å². The molecule has 1 aromatic rings. The van der Waals surface area contributed by atoms with Crippen molar-refractivity contribution in [2.75, 3.05) is 0 Å². The lowest BCUT2D eigenvalue weighted by Gasteiger charge is -2.03. The molecule has 0 atom stereocenters. The molecular formula is C10H11N3O3. The highest BCUT2D eigenvalue weighted by Crippen LogP contribution is 2.15. The van der Waals surface area contributed by atoms with Crippen LogP contribution in [0.3, 0.4) is 0 Å². The number of urea groups is 1. The minimum atomic E-state index is -0.763. The van der Waals surface area contributed by atoms with E-state index in [9.17, 15) is 9.59 Å². The van der Waals surface area contributed by atoms with Crippen LogP contribution in [0.5, 0.6) is 5.75 Å². The molecule has 0 aliphatic heterocycles. The van der Waals surface area contributed by atoms with Gasteiger partial charge in [-0.2, -0.15) is 5.10 Å². The van der Waals surface area contributed by atoms with Gasteiger partial charge in [0.2, 0.25) is 0 Å². The highest BCUT2D eigenvalue weighted by molar-refractivity contribution is 5.86. The molecule has 0 aliphatic rings. The number of para-hydroxylation sites is 1. The smallest absolute Gasteiger partial charge is 0.332 e. The number of nitrogens with zero attached hydrogens (tertiary/aromatic N) is 1. The first-order valence-corrected chi connectivity index (χ1v) is 4.45. The molecule has 2 amide bonds. The van der Waals surface area contributed by atoms with Crippen molar-refractivity contribution in [1.82, 2.24) is 5.43 Å². The van der Waals surface area contributed by atoms with Crippen molar-refractivity contribution in [3.63, 3.8) is 0 Å². The highest BCUT2D eigenvalue weighted by Gasteiger charge is 2.02. The van der Waals surface area contributed by atoms with Gasteiger partial charge in [0.15, 0.2) is 0 Å². The van der Waals surface area contributed by atoms with Gasteiger partial charge in [0, 0.05) is 12.5 Å². The Morgan fingerprint density at radius 2 is 2.12 bits per heavy atom.